The molecule has 2 aliphatic rings. The number of rotatable bonds is 16. The Morgan fingerprint density at radius 1 is 0.839 bits per heavy atom. The van der Waals surface area contributed by atoms with Crippen LogP contribution in [-0.2, 0) is 44.7 Å². The second-order valence-electron chi connectivity index (χ2n) is 12.7. The van der Waals surface area contributed by atoms with Crippen molar-refractivity contribution in [2.24, 2.45) is 0 Å². The van der Waals surface area contributed by atoms with Gasteiger partial charge in [-0.05, 0) is 52.8 Å². The summed E-state index contributed by atoms with van der Waals surface area (Å²) in [6, 6.07) is 20.7. The molecule has 3 aromatic rings. The van der Waals surface area contributed by atoms with Crippen molar-refractivity contribution < 1.29 is 57.5 Å². The molecule has 0 spiro atoms. The number of aliphatic hydroxyl groups excluding tert-OH is 1. The highest BCUT2D eigenvalue weighted by Gasteiger charge is 2.37. The molecule has 15 heteroatoms. The number of fused-ring (bicyclic) bond motifs is 3. The Morgan fingerprint density at radius 2 is 1.50 bits per heavy atom. The van der Waals surface area contributed by atoms with Gasteiger partial charge in [-0.1, -0.05) is 68.4 Å². The highest BCUT2D eigenvalue weighted by molar-refractivity contribution is 5.92. The van der Waals surface area contributed by atoms with E-state index in [-0.39, 0.29) is 63.0 Å². The van der Waals surface area contributed by atoms with Crippen LogP contribution in [0, 0.1) is 0 Å². The van der Waals surface area contributed by atoms with Gasteiger partial charge in [-0.15, -0.1) is 0 Å². The van der Waals surface area contributed by atoms with Crippen LogP contribution >= 0.6 is 0 Å². The van der Waals surface area contributed by atoms with E-state index in [0.717, 1.165) is 22.3 Å². The number of nitrogens with one attached hydrogen (secondary N) is 3. The van der Waals surface area contributed by atoms with Crippen LogP contribution in [0.5, 0.6) is 5.75 Å². The van der Waals surface area contributed by atoms with E-state index in [9.17, 15) is 24.0 Å². The molecule has 1 saturated heterocycles. The van der Waals surface area contributed by atoms with E-state index in [1.807, 2.05) is 62.4 Å². The fraction of sp³-hybridized carbons (Fsp3) is 0.439. The zero-order chi connectivity index (χ0) is 40.5. The van der Waals surface area contributed by atoms with Crippen molar-refractivity contribution in [2.75, 3.05) is 38.7 Å². The number of carbonyl (C=O) groups is 5. The number of anilines is 1. The number of benzene rings is 3. The lowest BCUT2D eigenvalue weighted by atomic mass is 9.98. The van der Waals surface area contributed by atoms with E-state index in [2.05, 4.69) is 16.0 Å². The van der Waals surface area contributed by atoms with Crippen molar-refractivity contribution in [3.05, 3.63) is 83.4 Å². The highest BCUT2D eigenvalue weighted by Crippen LogP contribution is 2.44. The van der Waals surface area contributed by atoms with Gasteiger partial charge in [0.1, 0.15) is 25.1 Å². The predicted octanol–water partition coefficient (Wildman–Crippen LogP) is 5.57. The number of ether oxygens (including phenoxy) is 6. The van der Waals surface area contributed by atoms with Crippen LogP contribution in [0.25, 0.3) is 11.1 Å². The fourth-order valence-corrected chi connectivity index (χ4v) is 6.31. The number of hydrogen-bond donors (Lipinski definition) is 4. The summed E-state index contributed by atoms with van der Waals surface area (Å²) in [6.45, 7) is 5.56. The minimum absolute atomic E-state index is 0.0186. The summed E-state index contributed by atoms with van der Waals surface area (Å²) < 4.78 is 32.9. The van der Waals surface area contributed by atoms with Gasteiger partial charge in [0.2, 0.25) is 12.2 Å². The molecular formula is C41H51N3O12. The average Bonchev–Trinajstić information content (AvgIpc) is 3.52. The molecule has 3 aromatic carbocycles. The third kappa shape index (κ3) is 12.4. The maximum absolute atomic E-state index is 13.2. The predicted molar refractivity (Wildman–Crippen MR) is 205 cm³/mol. The van der Waals surface area contributed by atoms with Gasteiger partial charge in [-0.2, -0.15) is 0 Å². The molecule has 0 aromatic heterocycles. The van der Waals surface area contributed by atoms with Crippen LogP contribution in [0.3, 0.4) is 0 Å². The van der Waals surface area contributed by atoms with E-state index in [1.54, 1.807) is 12.1 Å². The quantitative estimate of drug-likeness (QED) is 0.0804. The topological polar surface area (TPSA) is 197 Å². The van der Waals surface area contributed by atoms with Crippen LogP contribution in [0.1, 0.15) is 75.5 Å². The summed E-state index contributed by atoms with van der Waals surface area (Å²) in [5, 5.41) is 16.9. The molecule has 1 aliphatic heterocycles. The van der Waals surface area contributed by atoms with E-state index in [0.29, 0.717) is 24.9 Å². The van der Waals surface area contributed by atoms with Crippen molar-refractivity contribution in [3.8, 4) is 16.9 Å². The summed E-state index contributed by atoms with van der Waals surface area (Å²) in [5.74, 6) is -1.64. The van der Waals surface area contributed by atoms with E-state index >= 15 is 0 Å². The van der Waals surface area contributed by atoms with Gasteiger partial charge in [0.15, 0.2) is 6.10 Å². The molecule has 15 nitrogen and oxygen atoms in total. The number of methoxy groups -OCH3 is 1. The van der Waals surface area contributed by atoms with Crippen molar-refractivity contribution in [3.63, 3.8) is 0 Å². The zero-order valence-corrected chi connectivity index (χ0v) is 32.2. The van der Waals surface area contributed by atoms with E-state index in [1.165, 1.54) is 20.1 Å². The third-order valence-corrected chi connectivity index (χ3v) is 8.81. The number of esters is 2. The Bertz CT molecular complexity index is 1760. The maximum atomic E-state index is 13.2. The second-order valence-corrected chi connectivity index (χ2v) is 12.7. The molecule has 3 amide bonds. The van der Waals surface area contributed by atoms with Crippen LogP contribution in [0.15, 0.2) is 66.7 Å². The lowest BCUT2D eigenvalue weighted by Crippen LogP contribution is -2.44. The third-order valence-electron chi connectivity index (χ3n) is 8.81. The number of hydrogen-bond acceptors (Lipinski definition) is 12. The van der Waals surface area contributed by atoms with Gasteiger partial charge in [-0.25, -0.2) is 14.4 Å². The standard InChI is InChI=1S/C39H45N3O12.C2H6/c1-24(44)52-26-20-34(37(46)49-2)54-36(21-26)53-33-14-13-25(22-50-38(47)40-16-7-8-18-43)19-32(33)42-35(45)15-17-41-39(48)51-23-31-29-11-5-3-9-27(29)28-10-4-6-12-30(28)31;1-2/h3-6,9-14,19,26,31,34,36,43H,7-8,15-18,20-23H2,1-2H3,(H,40,47)(H,41,48)(H,42,45);1-2H3/t26-,34-,36?;/m0./s1. The molecule has 0 bridgehead atoms. The number of alkyl carbamates (subject to hydrolysis) is 2. The SMILES string of the molecule is CC.COC(=O)[C@@H]1C[C@H](OC(C)=O)CC(Oc2ccc(COC(=O)NCCCCO)cc2NC(=O)CCNC(=O)OCC2c3ccccc3-c3ccccc32)O1. The molecule has 3 atom stereocenters. The minimum atomic E-state index is -1.07. The molecule has 56 heavy (non-hydrogen) atoms. The number of amides is 3. The first kappa shape index (κ1) is 43.1. The summed E-state index contributed by atoms with van der Waals surface area (Å²) in [4.78, 5) is 62.0. The van der Waals surface area contributed by atoms with Gasteiger partial charge in [0.25, 0.3) is 0 Å². The molecule has 0 radical (unpaired) electrons. The lowest BCUT2D eigenvalue weighted by molar-refractivity contribution is -0.204. The van der Waals surface area contributed by atoms with Crippen LogP contribution < -0.4 is 20.7 Å². The van der Waals surface area contributed by atoms with E-state index in [4.69, 9.17) is 33.5 Å². The Kier molecular flexibility index (Phi) is 16.9. The largest absolute Gasteiger partial charge is 0.467 e. The van der Waals surface area contributed by atoms with E-state index < -0.39 is 48.5 Å². The second kappa shape index (κ2) is 22.0. The molecule has 4 N–H and O–H groups in total. The van der Waals surface area contributed by atoms with Crippen LogP contribution in [0.2, 0.25) is 0 Å². The monoisotopic (exact) mass is 777 g/mol. The average molecular weight is 778 g/mol. The molecule has 1 aliphatic carbocycles. The highest BCUT2D eigenvalue weighted by atomic mass is 16.7. The van der Waals surface area contributed by atoms with Crippen LogP contribution in [-0.4, -0.2) is 87.0 Å². The fourth-order valence-electron chi connectivity index (χ4n) is 6.31. The Balaban J connectivity index is 0.00000342. The first-order chi connectivity index (χ1) is 27.1. The van der Waals surface area contributed by atoms with Crippen LogP contribution in [0.4, 0.5) is 15.3 Å². The molecule has 1 heterocycles. The van der Waals surface area contributed by atoms with Gasteiger partial charge >= 0.3 is 24.1 Å². The van der Waals surface area contributed by atoms with Gasteiger partial charge in [0.05, 0.1) is 12.8 Å². The first-order valence-corrected chi connectivity index (χ1v) is 18.8. The number of carbonyl (C=O) groups excluding carboxylic acids is 5. The van der Waals surface area contributed by atoms with Gasteiger partial charge in [-0.3, -0.25) is 9.59 Å². The minimum Gasteiger partial charge on any atom is -0.467 e. The van der Waals surface area contributed by atoms with Crippen molar-refractivity contribution in [2.45, 2.75) is 83.9 Å². The van der Waals surface area contributed by atoms with Crippen molar-refractivity contribution in [1.82, 2.24) is 10.6 Å². The lowest BCUT2D eigenvalue weighted by Gasteiger charge is -2.33. The Labute approximate surface area is 326 Å². The van der Waals surface area contributed by atoms with Gasteiger partial charge in [0, 0.05) is 51.8 Å². The zero-order valence-electron chi connectivity index (χ0n) is 32.2. The molecule has 1 unspecified atom stereocenters. The summed E-state index contributed by atoms with van der Waals surface area (Å²) in [7, 11) is 1.21. The summed E-state index contributed by atoms with van der Waals surface area (Å²) in [5.41, 5.74) is 5.08. The number of aliphatic hydroxyl groups is 1. The maximum Gasteiger partial charge on any atom is 0.407 e. The molecule has 5 rings (SSSR count). The Hall–Kier alpha value is -5.67. The summed E-state index contributed by atoms with van der Waals surface area (Å²) >= 11 is 0. The molecule has 0 saturated carbocycles. The molecule has 1 fully saturated rings. The molecular weight excluding hydrogens is 726 g/mol. The van der Waals surface area contributed by atoms with Crippen molar-refractivity contribution in [1.29, 1.82) is 0 Å². The smallest absolute Gasteiger partial charge is 0.407 e. The number of unbranched alkanes of at least 4 members (excludes halogenated alkanes) is 1. The normalized spacial score (nSPS) is 16.8. The first-order valence-electron chi connectivity index (χ1n) is 18.8. The van der Waals surface area contributed by atoms with Crippen molar-refractivity contribution >= 4 is 35.7 Å². The molecule has 302 valence electrons. The van der Waals surface area contributed by atoms with Gasteiger partial charge < -0.3 is 49.5 Å². The summed E-state index contributed by atoms with van der Waals surface area (Å²) in [6.07, 6.45) is -2.99. The Morgan fingerprint density at radius 3 is 2.16 bits per heavy atom.